The number of piperazine rings is 1. The van der Waals surface area contributed by atoms with E-state index in [0.29, 0.717) is 31.2 Å². The van der Waals surface area contributed by atoms with Gasteiger partial charge in [0.25, 0.3) is 0 Å². The Kier molecular flexibility index (Phi) is 6.85. The summed E-state index contributed by atoms with van der Waals surface area (Å²) in [5.74, 6) is 0. The summed E-state index contributed by atoms with van der Waals surface area (Å²) in [5, 5.41) is 0. The second-order valence-corrected chi connectivity index (χ2v) is 10.1. The van der Waals surface area contributed by atoms with Crippen LogP contribution < -0.4 is 0 Å². The highest BCUT2D eigenvalue weighted by Crippen LogP contribution is 2.20. The number of morpholine rings is 1. The molecule has 0 unspecified atom stereocenters. The van der Waals surface area contributed by atoms with E-state index in [2.05, 4.69) is 41.0 Å². The van der Waals surface area contributed by atoms with Crippen molar-refractivity contribution in [3.63, 3.8) is 0 Å². The van der Waals surface area contributed by atoms with E-state index in [1.165, 1.54) is 15.4 Å². The van der Waals surface area contributed by atoms with Crippen LogP contribution in [0.1, 0.15) is 16.7 Å². The highest BCUT2D eigenvalue weighted by molar-refractivity contribution is 7.89. The fourth-order valence-corrected chi connectivity index (χ4v) is 5.65. The van der Waals surface area contributed by atoms with Crippen LogP contribution in [0.2, 0.25) is 0 Å². The smallest absolute Gasteiger partial charge is 0.243 e. The van der Waals surface area contributed by atoms with Gasteiger partial charge in [0.1, 0.15) is 0 Å². The van der Waals surface area contributed by atoms with Gasteiger partial charge in [-0.25, -0.2) is 8.42 Å². The minimum atomic E-state index is -3.45. The fourth-order valence-electron chi connectivity index (χ4n) is 4.17. The zero-order valence-electron chi connectivity index (χ0n) is 17.7. The second-order valence-electron chi connectivity index (χ2n) is 8.21. The third-order valence-corrected chi connectivity index (χ3v) is 7.76. The zero-order chi connectivity index (χ0) is 21.0. The van der Waals surface area contributed by atoms with Crippen molar-refractivity contribution >= 4 is 10.0 Å². The normalized spacial score (nSPS) is 19.8. The summed E-state index contributed by atoms with van der Waals surface area (Å²) in [6.45, 7) is 9.72. The van der Waals surface area contributed by atoms with E-state index in [9.17, 15) is 8.42 Å². The third kappa shape index (κ3) is 5.28. The molecule has 7 heteroatoms. The minimum absolute atomic E-state index is 0.389. The molecule has 2 aliphatic rings. The molecular formula is C23H31N3O3S. The number of hydrogen-bond donors (Lipinski definition) is 0. The Morgan fingerprint density at radius 1 is 0.800 bits per heavy atom. The molecular weight excluding hydrogens is 398 g/mol. The molecule has 2 fully saturated rings. The molecule has 2 heterocycles. The van der Waals surface area contributed by atoms with Crippen LogP contribution in [0.4, 0.5) is 0 Å². The molecule has 0 N–H and O–H groups in total. The van der Waals surface area contributed by atoms with Crippen molar-refractivity contribution in [1.82, 2.24) is 14.1 Å². The summed E-state index contributed by atoms with van der Waals surface area (Å²) in [6, 6.07) is 16.1. The van der Waals surface area contributed by atoms with Crippen molar-refractivity contribution in [2.45, 2.75) is 24.9 Å². The Morgan fingerprint density at radius 2 is 1.37 bits per heavy atom. The lowest BCUT2D eigenvalue weighted by molar-refractivity contribution is 0.0730. The van der Waals surface area contributed by atoms with E-state index in [1.54, 1.807) is 6.07 Å². The first-order valence-electron chi connectivity index (χ1n) is 10.7. The van der Waals surface area contributed by atoms with Crippen LogP contribution in [0, 0.1) is 6.92 Å². The van der Waals surface area contributed by atoms with Gasteiger partial charge in [0.2, 0.25) is 10.0 Å². The van der Waals surface area contributed by atoms with Crippen molar-refractivity contribution in [1.29, 1.82) is 0 Å². The van der Waals surface area contributed by atoms with E-state index >= 15 is 0 Å². The molecule has 2 aliphatic heterocycles. The van der Waals surface area contributed by atoms with Gasteiger partial charge in [0, 0.05) is 52.4 Å². The largest absolute Gasteiger partial charge is 0.379 e. The number of sulfonamides is 1. The molecule has 0 spiro atoms. The molecule has 0 atom stereocenters. The molecule has 162 valence electrons. The number of benzene rings is 2. The lowest BCUT2D eigenvalue weighted by Gasteiger charge is -2.35. The number of nitrogens with zero attached hydrogens (tertiary/aromatic N) is 3. The molecule has 2 aromatic rings. The van der Waals surface area contributed by atoms with Crippen LogP contribution in [-0.2, 0) is 27.8 Å². The predicted molar refractivity (Wildman–Crippen MR) is 118 cm³/mol. The van der Waals surface area contributed by atoms with E-state index < -0.39 is 10.0 Å². The summed E-state index contributed by atoms with van der Waals surface area (Å²) >= 11 is 0. The molecule has 0 amide bonds. The summed E-state index contributed by atoms with van der Waals surface area (Å²) in [7, 11) is -3.45. The van der Waals surface area contributed by atoms with Crippen LogP contribution in [0.3, 0.4) is 0 Å². The predicted octanol–water partition coefficient (Wildman–Crippen LogP) is 2.33. The van der Waals surface area contributed by atoms with Crippen molar-refractivity contribution in [2.75, 3.05) is 52.5 Å². The van der Waals surface area contributed by atoms with Crippen molar-refractivity contribution in [3.05, 3.63) is 65.2 Å². The number of aryl methyl sites for hydroxylation is 1. The molecule has 4 rings (SSSR count). The Bertz CT molecular complexity index is 950. The maximum absolute atomic E-state index is 12.9. The number of hydrogen-bond acceptors (Lipinski definition) is 5. The van der Waals surface area contributed by atoms with Gasteiger partial charge in [-0.2, -0.15) is 4.31 Å². The SMILES string of the molecule is Cc1cccc(CN2CCN(Cc3cccc(S(=O)(=O)N4CCOCC4)c3)CC2)c1. The van der Waals surface area contributed by atoms with Gasteiger partial charge in [0.05, 0.1) is 18.1 Å². The van der Waals surface area contributed by atoms with Crippen LogP contribution in [-0.4, -0.2) is 75.0 Å². The van der Waals surface area contributed by atoms with Crippen molar-refractivity contribution < 1.29 is 13.2 Å². The van der Waals surface area contributed by atoms with Crippen molar-refractivity contribution in [2.24, 2.45) is 0 Å². The molecule has 0 aliphatic carbocycles. The summed E-state index contributed by atoms with van der Waals surface area (Å²) in [6.07, 6.45) is 0. The first-order valence-corrected chi connectivity index (χ1v) is 12.1. The molecule has 6 nitrogen and oxygen atoms in total. The van der Waals surface area contributed by atoms with Crippen molar-refractivity contribution in [3.8, 4) is 0 Å². The molecule has 0 aromatic heterocycles. The van der Waals surface area contributed by atoms with E-state index in [-0.39, 0.29) is 0 Å². The molecule has 2 saturated heterocycles. The van der Waals surface area contributed by atoms with Gasteiger partial charge in [-0.15, -0.1) is 0 Å². The third-order valence-electron chi connectivity index (χ3n) is 5.87. The van der Waals surface area contributed by atoms with Gasteiger partial charge in [-0.3, -0.25) is 9.80 Å². The molecule has 2 aromatic carbocycles. The average molecular weight is 430 g/mol. The Hall–Kier alpha value is -1.77. The highest BCUT2D eigenvalue weighted by atomic mass is 32.2. The van der Waals surface area contributed by atoms with Gasteiger partial charge in [0.15, 0.2) is 0 Å². The Morgan fingerprint density at radius 3 is 1.97 bits per heavy atom. The van der Waals surface area contributed by atoms with Gasteiger partial charge < -0.3 is 4.74 Å². The fraction of sp³-hybridized carbons (Fsp3) is 0.478. The first-order chi connectivity index (χ1) is 14.5. The minimum Gasteiger partial charge on any atom is -0.379 e. The van der Waals surface area contributed by atoms with Crippen LogP contribution in [0.25, 0.3) is 0 Å². The van der Waals surface area contributed by atoms with Gasteiger partial charge >= 0.3 is 0 Å². The molecule has 0 radical (unpaired) electrons. The standard InChI is InChI=1S/C23H31N3O3S/c1-20-4-2-5-21(16-20)18-24-8-10-25(11-9-24)19-22-6-3-7-23(17-22)30(27,28)26-12-14-29-15-13-26/h2-7,16-17H,8-15,18-19H2,1H3. The first kappa shape index (κ1) is 21.5. The highest BCUT2D eigenvalue weighted by Gasteiger charge is 2.26. The monoisotopic (exact) mass is 429 g/mol. The molecule has 30 heavy (non-hydrogen) atoms. The van der Waals surface area contributed by atoms with Crippen LogP contribution >= 0.6 is 0 Å². The molecule has 0 bridgehead atoms. The van der Waals surface area contributed by atoms with E-state index in [0.717, 1.165) is 44.8 Å². The van der Waals surface area contributed by atoms with Crippen LogP contribution in [0.5, 0.6) is 0 Å². The van der Waals surface area contributed by atoms with E-state index in [4.69, 9.17) is 4.74 Å². The zero-order valence-corrected chi connectivity index (χ0v) is 18.5. The Balaban J connectivity index is 1.34. The Labute approximate surface area is 180 Å². The lowest BCUT2D eigenvalue weighted by Crippen LogP contribution is -2.45. The topological polar surface area (TPSA) is 53.1 Å². The summed E-state index contributed by atoms with van der Waals surface area (Å²) in [4.78, 5) is 5.29. The lowest BCUT2D eigenvalue weighted by atomic mass is 10.1. The molecule has 0 saturated carbocycles. The van der Waals surface area contributed by atoms with Gasteiger partial charge in [-0.1, -0.05) is 42.0 Å². The number of rotatable bonds is 6. The quantitative estimate of drug-likeness (QED) is 0.706. The summed E-state index contributed by atoms with van der Waals surface area (Å²) in [5.41, 5.74) is 3.72. The average Bonchev–Trinajstić information content (AvgIpc) is 2.76. The second kappa shape index (κ2) is 9.58. The van der Waals surface area contributed by atoms with Gasteiger partial charge in [-0.05, 0) is 30.2 Å². The maximum atomic E-state index is 12.9. The number of ether oxygens (including phenoxy) is 1. The van der Waals surface area contributed by atoms with E-state index in [1.807, 2.05) is 18.2 Å². The van der Waals surface area contributed by atoms with Crippen LogP contribution in [0.15, 0.2) is 53.4 Å². The maximum Gasteiger partial charge on any atom is 0.243 e. The summed E-state index contributed by atoms with van der Waals surface area (Å²) < 4.78 is 32.7.